The van der Waals surface area contributed by atoms with Crippen molar-refractivity contribution in [3.63, 3.8) is 0 Å². The number of aliphatic hydroxyl groups excluding tert-OH is 1. The second-order valence-corrected chi connectivity index (χ2v) is 12.8. The first kappa shape index (κ1) is 32.3. The molecule has 3 saturated heterocycles. The Kier molecular flexibility index (Phi) is 10.6. The molecule has 11 heteroatoms. The smallest absolute Gasteiger partial charge is 0.312 e. The zero-order valence-electron chi connectivity index (χ0n) is 24.2. The Labute approximate surface area is 245 Å². The molecule has 1 unspecified atom stereocenters. The highest BCUT2D eigenvalue weighted by atomic mass is 79.9. The average molecular weight is 627 g/mol. The van der Waals surface area contributed by atoms with E-state index in [0.29, 0.717) is 19.3 Å². The SMILES string of the molecule is C=CCCC(=O)NC[C@@H](C)OC(=O)[C@@H]1[C@H]2O[C@@]3(CC2Br)[C@H](C(=O)N(CC=C)C(C)C)N([C@@H](CO)C(C)C)C(=O)[C@@H]13. The third-order valence-corrected chi connectivity index (χ3v) is 9.10. The van der Waals surface area contributed by atoms with Gasteiger partial charge in [-0.2, -0.15) is 0 Å². The molecule has 3 amide bonds. The first-order chi connectivity index (χ1) is 18.9. The monoisotopic (exact) mass is 625 g/mol. The van der Waals surface area contributed by atoms with E-state index in [9.17, 15) is 24.3 Å². The normalized spacial score (nSPS) is 30.3. The van der Waals surface area contributed by atoms with Gasteiger partial charge in [0.25, 0.3) is 0 Å². The molecule has 3 rings (SSSR count). The molecule has 0 saturated carbocycles. The lowest BCUT2D eigenvalue weighted by Crippen LogP contribution is -2.60. The molecular formula is C29H44BrN3O7. The van der Waals surface area contributed by atoms with Gasteiger partial charge in [-0.25, -0.2) is 0 Å². The van der Waals surface area contributed by atoms with E-state index >= 15 is 0 Å². The molecule has 0 aromatic rings. The molecule has 224 valence electrons. The summed E-state index contributed by atoms with van der Waals surface area (Å²) < 4.78 is 12.3. The Balaban J connectivity index is 1.95. The summed E-state index contributed by atoms with van der Waals surface area (Å²) in [4.78, 5) is 56.9. The van der Waals surface area contributed by atoms with Crippen LogP contribution in [-0.2, 0) is 28.7 Å². The molecule has 0 aromatic carbocycles. The Morgan fingerprint density at radius 2 is 1.93 bits per heavy atom. The second kappa shape index (κ2) is 13.2. The fourth-order valence-corrected chi connectivity index (χ4v) is 7.29. The third-order valence-electron chi connectivity index (χ3n) is 8.26. The number of hydrogen-bond acceptors (Lipinski definition) is 7. The number of nitrogens with zero attached hydrogens (tertiary/aromatic N) is 2. The van der Waals surface area contributed by atoms with Crippen LogP contribution in [0, 0.1) is 17.8 Å². The molecule has 40 heavy (non-hydrogen) atoms. The first-order valence-electron chi connectivity index (χ1n) is 14.1. The molecule has 3 heterocycles. The van der Waals surface area contributed by atoms with Gasteiger partial charge in [0, 0.05) is 23.8 Å². The van der Waals surface area contributed by atoms with Crippen molar-refractivity contribution in [3.8, 4) is 0 Å². The van der Waals surface area contributed by atoms with Crippen molar-refractivity contribution in [2.75, 3.05) is 19.7 Å². The third kappa shape index (κ3) is 5.87. The molecule has 2 N–H and O–H groups in total. The molecular weight excluding hydrogens is 582 g/mol. The molecule has 8 atom stereocenters. The summed E-state index contributed by atoms with van der Waals surface area (Å²) in [6.07, 6.45) is 3.18. The zero-order valence-corrected chi connectivity index (χ0v) is 25.8. The van der Waals surface area contributed by atoms with Gasteiger partial charge in [-0.3, -0.25) is 19.2 Å². The van der Waals surface area contributed by atoms with E-state index in [2.05, 4.69) is 34.4 Å². The molecule has 0 aliphatic carbocycles. The van der Waals surface area contributed by atoms with Gasteiger partial charge in [-0.1, -0.05) is 41.9 Å². The molecule has 2 bridgehead atoms. The van der Waals surface area contributed by atoms with Crippen LogP contribution in [-0.4, -0.2) is 99.1 Å². The largest absolute Gasteiger partial charge is 0.460 e. The van der Waals surface area contributed by atoms with E-state index < -0.39 is 47.7 Å². The summed E-state index contributed by atoms with van der Waals surface area (Å²) in [5, 5.41) is 13.1. The van der Waals surface area contributed by atoms with Gasteiger partial charge < -0.3 is 29.7 Å². The fraction of sp³-hybridized carbons (Fsp3) is 0.724. The Morgan fingerprint density at radius 3 is 2.48 bits per heavy atom. The lowest BCUT2D eigenvalue weighted by molar-refractivity contribution is -0.160. The van der Waals surface area contributed by atoms with Crippen molar-refractivity contribution in [3.05, 3.63) is 25.3 Å². The van der Waals surface area contributed by atoms with Crippen molar-refractivity contribution in [1.29, 1.82) is 0 Å². The molecule has 3 aliphatic heterocycles. The number of ether oxygens (including phenoxy) is 2. The summed E-state index contributed by atoms with van der Waals surface area (Å²) in [5.74, 6) is -3.49. The van der Waals surface area contributed by atoms with E-state index in [1.807, 2.05) is 27.7 Å². The highest BCUT2D eigenvalue weighted by Crippen LogP contribution is 2.61. The van der Waals surface area contributed by atoms with Gasteiger partial charge in [-0.15, -0.1) is 13.2 Å². The number of nitrogens with one attached hydrogen (secondary N) is 1. The fourth-order valence-electron chi connectivity index (χ4n) is 6.34. The minimum Gasteiger partial charge on any atom is -0.460 e. The first-order valence-corrected chi connectivity index (χ1v) is 15.0. The number of esters is 1. The van der Waals surface area contributed by atoms with Crippen LogP contribution >= 0.6 is 15.9 Å². The van der Waals surface area contributed by atoms with Crippen molar-refractivity contribution >= 4 is 39.6 Å². The quantitative estimate of drug-likeness (QED) is 0.172. The minimum absolute atomic E-state index is 0.125. The highest BCUT2D eigenvalue weighted by Gasteiger charge is 2.77. The minimum atomic E-state index is -1.25. The number of fused-ring (bicyclic) bond motifs is 1. The van der Waals surface area contributed by atoms with E-state index in [0.717, 1.165) is 0 Å². The number of halogens is 1. The second-order valence-electron chi connectivity index (χ2n) is 11.7. The average Bonchev–Trinajstić information content (AvgIpc) is 3.48. The molecule has 3 aliphatic rings. The van der Waals surface area contributed by atoms with Crippen LogP contribution in [0.1, 0.15) is 53.9 Å². The number of carbonyl (C=O) groups is 4. The number of amides is 3. The van der Waals surface area contributed by atoms with Crippen LogP contribution in [0.15, 0.2) is 25.3 Å². The van der Waals surface area contributed by atoms with Gasteiger partial charge in [0.1, 0.15) is 17.7 Å². The van der Waals surface area contributed by atoms with Crippen molar-refractivity contribution in [1.82, 2.24) is 15.1 Å². The van der Waals surface area contributed by atoms with Crippen LogP contribution in [0.2, 0.25) is 0 Å². The number of alkyl halides is 1. The predicted molar refractivity (Wildman–Crippen MR) is 153 cm³/mol. The van der Waals surface area contributed by atoms with Crippen LogP contribution in [0.3, 0.4) is 0 Å². The van der Waals surface area contributed by atoms with E-state index in [1.54, 1.807) is 24.0 Å². The summed E-state index contributed by atoms with van der Waals surface area (Å²) in [6, 6.07) is -1.83. The Bertz CT molecular complexity index is 1000. The van der Waals surface area contributed by atoms with Gasteiger partial charge in [-0.05, 0) is 39.5 Å². The maximum atomic E-state index is 14.2. The predicted octanol–water partition coefficient (Wildman–Crippen LogP) is 2.19. The Hall–Kier alpha value is -2.24. The molecule has 10 nitrogen and oxygen atoms in total. The van der Waals surface area contributed by atoms with Gasteiger partial charge in [0.15, 0.2) is 0 Å². The van der Waals surface area contributed by atoms with Gasteiger partial charge in [0.05, 0.1) is 37.1 Å². The number of aliphatic hydroxyl groups is 1. The summed E-state index contributed by atoms with van der Waals surface area (Å²) >= 11 is 3.65. The number of hydrogen-bond donors (Lipinski definition) is 2. The van der Waals surface area contributed by atoms with Crippen LogP contribution in [0.4, 0.5) is 0 Å². The van der Waals surface area contributed by atoms with Crippen LogP contribution < -0.4 is 5.32 Å². The van der Waals surface area contributed by atoms with E-state index in [4.69, 9.17) is 9.47 Å². The highest BCUT2D eigenvalue weighted by molar-refractivity contribution is 9.09. The zero-order chi connectivity index (χ0) is 29.9. The van der Waals surface area contributed by atoms with Gasteiger partial charge >= 0.3 is 5.97 Å². The number of rotatable bonds is 14. The standard InChI is InChI=1S/C29H44BrN3O7/c1-8-10-11-21(35)31-14-18(7)39-28(38)22-23-26(36)33(20(15-34)16(3)4)25(27(37)32(12-9-2)17(5)6)29(23)13-19(30)24(22)40-29/h8-9,16-20,22-25,34H,1-2,10-15H2,3-7H3,(H,31,35)/t18-,19?,20+,22+,23-,24+,25+,29-/m1/s1. The summed E-state index contributed by atoms with van der Waals surface area (Å²) in [5.41, 5.74) is -1.25. The van der Waals surface area contributed by atoms with Gasteiger partial charge in [0.2, 0.25) is 17.7 Å². The van der Waals surface area contributed by atoms with E-state index in [-0.39, 0.29) is 54.2 Å². The Morgan fingerprint density at radius 1 is 1.25 bits per heavy atom. The number of likely N-dealkylation sites (tertiary alicyclic amines) is 1. The maximum Gasteiger partial charge on any atom is 0.312 e. The summed E-state index contributed by atoms with van der Waals surface area (Å²) in [7, 11) is 0. The number of allylic oxidation sites excluding steroid dienone is 1. The number of carbonyl (C=O) groups excluding carboxylic acids is 4. The molecule has 0 aromatic heterocycles. The lowest BCUT2D eigenvalue weighted by atomic mass is 9.70. The molecule has 3 fully saturated rings. The van der Waals surface area contributed by atoms with Crippen molar-refractivity contribution in [2.45, 2.75) is 94.6 Å². The topological polar surface area (TPSA) is 125 Å². The van der Waals surface area contributed by atoms with Crippen molar-refractivity contribution in [2.24, 2.45) is 17.8 Å². The molecule has 0 radical (unpaired) electrons. The van der Waals surface area contributed by atoms with E-state index in [1.165, 1.54) is 4.90 Å². The maximum absolute atomic E-state index is 14.2. The molecule has 1 spiro atoms. The van der Waals surface area contributed by atoms with Crippen molar-refractivity contribution < 1.29 is 33.8 Å². The lowest BCUT2D eigenvalue weighted by Gasteiger charge is -2.41. The van der Waals surface area contributed by atoms with Crippen LogP contribution in [0.25, 0.3) is 0 Å². The van der Waals surface area contributed by atoms with Crippen LogP contribution in [0.5, 0.6) is 0 Å². The summed E-state index contributed by atoms with van der Waals surface area (Å²) in [6.45, 7) is 16.7.